The van der Waals surface area contributed by atoms with Gasteiger partial charge in [0.15, 0.2) is 0 Å². The summed E-state index contributed by atoms with van der Waals surface area (Å²) in [4.78, 5) is 22.6. The van der Waals surface area contributed by atoms with E-state index < -0.39 is 17.5 Å². The molecule has 2 N–H and O–H groups in total. The van der Waals surface area contributed by atoms with E-state index in [-0.39, 0.29) is 16.9 Å². The molecule has 1 aromatic carbocycles. The molecule has 1 aliphatic rings. The quantitative estimate of drug-likeness (QED) is 0.886. The summed E-state index contributed by atoms with van der Waals surface area (Å²) >= 11 is 0. The zero-order chi connectivity index (χ0) is 14.9. The number of aromatic carboxylic acids is 1. The lowest BCUT2D eigenvalue weighted by atomic mass is 9.91. The summed E-state index contributed by atoms with van der Waals surface area (Å²) in [5, 5.41) is 18.5. The molecule has 5 nitrogen and oxygen atoms in total. The van der Waals surface area contributed by atoms with Gasteiger partial charge in [-0.3, -0.25) is 0 Å². The van der Waals surface area contributed by atoms with E-state index in [1.807, 2.05) is 13.8 Å². The molecule has 5 heteroatoms. The normalized spacial score (nSPS) is 17.5. The third-order valence-electron chi connectivity index (χ3n) is 3.29. The Bertz CT molecular complexity index is 598. The molecule has 0 fully saturated rings. The van der Waals surface area contributed by atoms with Crippen molar-refractivity contribution in [1.29, 1.82) is 0 Å². The molecule has 1 heterocycles. The number of rotatable bonds is 3. The Morgan fingerprint density at radius 2 is 1.80 bits per heavy atom. The fraction of sp³-hybridized carbons (Fsp3) is 0.333. The summed E-state index contributed by atoms with van der Waals surface area (Å²) in [6.45, 7) is 3.71. The fourth-order valence-electron chi connectivity index (χ4n) is 2.22. The SMILES string of the molecule is CC1(C)CCC(C(=O)O)=C(c2ccccc2C(=O)O)O1. The summed E-state index contributed by atoms with van der Waals surface area (Å²) in [6, 6.07) is 6.28. The van der Waals surface area contributed by atoms with Gasteiger partial charge in [0.2, 0.25) is 0 Å². The highest BCUT2D eigenvalue weighted by Gasteiger charge is 2.33. The van der Waals surface area contributed by atoms with Gasteiger partial charge in [-0.05, 0) is 32.8 Å². The predicted octanol–water partition coefficient (Wildman–Crippen LogP) is 2.77. The van der Waals surface area contributed by atoms with Crippen LogP contribution in [0.4, 0.5) is 0 Å². The minimum atomic E-state index is -1.11. The molecule has 0 aromatic heterocycles. The highest BCUT2D eigenvalue weighted by atomic mass is 16.5. The van der Waals surface area contributed by atoms with Crippen LogP contribution >= 0.6 is 0 Å². The first kappa shape index (κ1) is 14.1. The van der Waals surface area contributed by atoms with Crippen LogP contribution in [0.5, 0.6) is 0 Å². The van der Waals surface area contributed by atoms with Crippen LogP contribution in [0.15, 0.2) is 29.8 Å². The Labute approximate surface area is 116 Å². The van der Waals surface area contributed by atoms with Crippen LogP contribution in [-0.4, -0.2) is 27.8 Å². The number of benzene rings is 1. The molecule has 1 aliphatic heterocycles. The average Bonchev–Trinajstić information content (AvgIpc) is 2.37. The van der Waals surface area contributed by atoms with Gasteiger partial charge in [0.05, 0.1) is 11.1 Å². The number of carboxylic acids is 2. The Balaban J connectivity index is 2.63. The van der Waals surface area contributed by atoms with Gasteiger partial charge in [-0.25, -0.2) is 9.59 Å². The van der Waals surface area contributed by atoms with Gasteiger partial charge in [0, 0.05) is 5.56 Å². The Morgan fingerprint density at radius 3 is 2.40 bits per heavy atom. The van der Waals surface area contributed by atoms with Crippen molar-refractivity contribution in [2.45, 2.75) is 32.3 Å². The van der Waals surface area contributed by atoms with Gasteiger partial charge in [-0.1, -0.05) is 18.2 Å². The second-order valence-electron chi connectivity index (χ2n) is 5.33. The van der Waals surface area contributed by atoms with Crippen molar-refractivity contribution >= 4 is 17.7 Å². The summed E-state index contributed by atoms with van der Waals surface area (Å²) in [5.41, 5.74) is -0.0398. The fourth-order valence-corrected chi connectivity index (χ4v) is 2.22. The van der Waals surface area contributed by atoms with E-state index in [0.29, 0.717) is 18.4 Å². The number of hydrogen-bond donors (Lipinski definition) is 2. The third-order valence-corrected chi connectivity index (χ3v) is 3.29. The van der Waals surface area contributed by atoms with Gasteiger partial charge in [-0.15, -0.1) is 0 Å². The summed E-state index contributed by atoms with van der Waals surface area (Å²) in [5.74, 6) is -2.02. The van der Waals surface area contributed by atoms with Crippen LogP contribution in [0.1, 0.15) is 42.6 Å². The van der Waals surface area contributed by atoms with Gasteiger partial charge < -0.3 is 14.9 Å². The first-order valence-electron chi connectivity index (χ1n) is 6.30. The van der Waals surface area contributed by atoms with Crippen molar-refractivity contribution in [1.82, 2.24) is 0 Å². The Kier molecular flexibility index (Phi) is 3.53. The maximum atomic E-state index is 11.3. The molecule has 0 atom stereocenters. The number of aliphatic carboxylic acids is 1. The van der Waals surface area contributed by atoms with Crippen LogP contribution in [0.25, 0.3) is 5.76 Å². The van der Waals surface area contributed by atoms with E-state index in [1.54, 1.807) is 18.2 Å². The molecule has 0 radical (unpaired) electrons. The number of ether oxygens (including phenoxy) is 1. The zero-order valence-electron chi connectivity index (χ0n) is 11.3. The maximum absolute atomic E-state index is 11.3. The highest BCUT2D eigenvalue weighted by molar-refractivity contribution is 6.00. The summed E-state index contributed by atoms with van der Waals surface area (Å²) < 4.78 is 5.76. The molecule has 0 bridgehead atoms. The van der Waals surface area contributed by atoms with Crippen LogP contribution in [-0.2, 0) is 9.53 Å². The molecule has 0 unspecified atom stereocenters. The lowest BCUT2D eigenvalue weighted by Crippen LogP contribution is -2.30. The average molecular weight is 276 g/mol. The summed E-state index contributed by atoms with van der Waals surface area (Å²) in [6.07, 6.45) is 0.930. The van der Waals surface area contributed by atoms with Crippen molar-refractivity contribution in [3.8, 4) is 0 Å². The first-order chi connectivity index (χ1) is 9.32. The lowest BCUT2D eigenvalue weighted by Gasteiger charge is -2.33. The van der Waals surface area contributed by atoms with Crippen molar-refractivity contribution in [2.75, 3.05) is 0 Å². The molecule has 0 aliphatic carbocycles. The summed E-state index contributed by atoms with van der Waals surface area (Å²) in [7, 11) is 0. The molecule has 106 valence electrons. The third kappa shape index (κ3) is 2.66. The van der Waals surface area contributed by atoms with E-state index >= 15 is 0 Å². The molecule has 20 heavy (non-hydrogen) atoms. The topological polar surface area (TPSA) is 83.8 Å². The molecule has 0 amide bonds. The molecule has 2 rings (SSSR count). The van der Waals surface area contributed by atoms with Crippen LogP contribution in [0.2, 0.25) is 0 Å². The lowest BCUT2D eigenvalue weighted by molar-refractivity contribution is -0.133. The van der Waals surface area contributed by atoms with Gasteiger partial charge in [0.25, 0.3) is 0 Å². The molecular formula is C15H16O5. The zero-order valence-corrected chi connectivity index (χ0v) is 11.3. The smallest absolute Gasteiger partial charge is 0.336 e. The molecular weight excluding hydrogens is 260 g/mol. The number of hydrogen-bond acceptors (Lipinski definition) is 3. The van der Waals surface area contributed by atoms with Crippen molar-refractivity contribution in [3.63, 3.8) is 0 Å². The van der Waals surface area contributed by atoms with Crippen LogP contribution in [0, 0.1) is 0 Å². The molecule has 0 spiro atoms. The van der Waals surface area contributed by atoms with Crippen LogP contribution < -0.4 is 0 Å². The minimum Gasteiger partial charge on any atom is -0.487 e. The molecule has 1 aromatic rings. The Morgan fingerprint density at radius 1 is 1.15 bits per heavy atom. The van der Waals surface area contributed by atoms with E-state index in [0.717, 1.165) is 0 Å². The van der Waals surface area contributed by atoms with E-state index in [2.05, 4.69) is 0 Å². The number of carboxylic acid groups (broad SMARTS) is 2. The molecule has 0 saturated carbocycles. The van der Waals surface area contributed by atoms with Crippen LogP contribution in [0.3, 0.4) is 0 Å². The standard InChI is InChI=1S/C15H16O5/c1-15(2)8-7-11(14(18)19)12(20-15)9-5-3-4-6-10(9)13(16)17/h3-6H,7-8H2,1-2H3,(H,16,17)(H,18,19). The van der Waals surface area contributed by atoms with E-state index in [4.69, 9.17) is 4.74 Å². The monoisotopic (exact) mass is 276 g/mol. The first-order valence-corrected chi connectivity index (χ1v) is 6.30. The maximum Gasteiger partial charge on any atom is 0.336 e. The van der Waals surface area contributed by atoms with Crippen molar-refractivity contribution in [3.05, 3.63) is 41.0 Å². The van der Waals surface area contributed by atoms with Crippen molar-refractivity contribution in [2.24, 2.45) is 0 Å². The van der Waals surface area contributed by atoms with Gasteiger partial charge >= 0.3 is 11.9 Å². The number of carbonyl (C=O) groups is 2. The second kappa shape index (κ2) is 5.00. The predicted molar refractivity (Wildman–Crippen MR) is 72.4 cm³/mol. The second-order valence-corrected chi connectivity index (χ2v) is 5.33. The van der Waals surface area contributed by atoms with Crippen molar-refractivity contribution < 1.29 is 24.5 Å². The van der Waals surface area contributed by atoms with E-state index in [1.165, 1.54) is 6.07 Å². The van der Waals surface area contributed by atoms with Gasteiger partial charge in [0.1, 0.15) is 11.4 Å². The molecule has 0 saturated heterocycles. The largest absolute Gasteiger partial charge is 0.487 e. The van der Waals surface area contributed by atoms with Gasteiger partial charge in [-0.2, -0.15) is 0 Å². The highest BCUT2D eigenvalue weighted by Crippen LogP contribution is 2.37. The minimum absolute atomic E-state index is 0.0407. The Hall–Kier alpha value is -2.30. The van der Waals surface area contributed by atoms with E-state index in [9.17, 15) is 19.8 Å².